The number of carboxylic acids is 1. The lowest BCUT2D eigenvalue weighted by molar-refractivity contribution is -0.192. The van der Waals surface area contributed by atoms with E-state index in [4.69, 9.17) is 14.6 Å². The fourth-order valence-corrected chi connectivity index (χ4v) is 5.08. The largest absolute Gasteiger partial charge is 0.490 e. The fraction of sp³-hybridized carbons (Fsp3) is 0.500. The Labute approximate surface area is 203 Å². The smallest absolute Gasteiger partial charge is 0.475 e. The highest BCUT2D eigenvalue weighted by Crippen LogP contribution is 2.44. The van der Waals surface area contributed by atoms with Crippen LogP contribution in [0.15, 0.2) is 36.0 Å². The van der Waals surface area contributed by atoms with Crippen LogP contribution in [-0.4, -0.2) is 76.8 Å². The second-order valence-corrected chi connectivity index (χ2v) is 9.09. The van der Waals surface area contributed by atoms with Gasteiger partial charge in [0.2, 0.25) is 5.95 Å². The number of rotatable bonds is 4. The van der Waals surface area contributed by atoms with Crippen molar-refractivity contribution < 1.29 is 37.4 Å². The van der Waals surface area contributed by atoms with Gasteiger partial charge in [-0.1, -0.05) is 6.07 Å². The molecule has 2 aliphatic heterocycles. The molecule has 0 saturated carbocycles. The van der Waals surface area contributed by atoms with Crippen LogP contribution in [0.3, 0.4) is 0 Å². The number of esters is 1. The zero-order chi connectivity index (χ0) is 25.6. The van der Waals surface area contributed by atoms with E-state index in [-0.39, 0.29) is 17.8 Å². The second-order valence-electron chi connectivity index (χ2n) is 8.14. The zero-order valence-electron chi connectivity index (χ0n) is 18.9. The van der Waals surface area contributed by atoms with Crippen LogP contribution in [0.25, 0.3) is 0 Å². The Morgan fingerprint density at radius 2 is 1.91 bits per heavy atom. The minimum Gasteiger partial charge on any atom is -0.475 e. The fourth-order valence-electron chi connectivity index (χ4n) is 4.39. The van der Waals surface area contributed by atoms with Crippen molar-refractivity contribution >= 4 is 35.1 Å². The van der Waals surface area contributed by atoms with E-state index < -0.39 is 17.6 Å². The molecule has 0 unspecified atom stereocenters. The number of amides is 1. The van der Waals surface area contributed by atoms with Gasteiger partial charge in [0.15, 0.2) is 0 Å². The number of hydrogen-bond acceptors (Lipinski definition) is 8. The lowest BCUT2D eigenvalue weighted by Gasteiger charge is -2.31. The van der Waals surface area contributed by atoms with Gasteiger partial charge in [-0.3, -0.25) is 9.59 Å². The molecular formula is C22H25F3N4O5S. The van der Waals surface area contributed by atoms with Gasteiger partial charge in [0.1, 0.15) is 0 Å². The average Bonchev–Trinajstić information content (AvgIpc) is 3.44. The summed E-state index contributed by atoms with van der Waals surface area (Å²) in [5.41, 5.74) is -0.625. The highest BCUT2D eigenvalue weighted by molar-refractivity contribution is 7.12. The Balaban J connectivity index is 0.000000429. The van der Waals surface area contributed by atoms with Crippen molar-refractivity contribution in [3.63, 3.8) is 0 Å². The van der Waals surface area contributed by atoms with Gasteiger partial charge < -0.3 is 19.6 Å². The maximum absolute atomic E-state index is 13.0. The molecule has 0 aliphatic carbocycles. The summed E-state index contributed by atoms with van der Waals surface area (Å²) in [4.78, 5) is 48.3. The Kier molecular flexibility index (Phi) is 8.30. The van der Waals surface area contributed by atoms with Gasteiger partial charge in [0, 0.05) is 44.5 Å². The van der Waals surface area contributed by atoms with Crippen LogP contribution in [0.5, 0.6) is 0 Å². The number of aliphatic carboxylic acids is 1. The number of carbonyl (C=O) groups is 3. The minimum atomic E-state index is -5.08. The van der Waals surface area contributed by atoms with Crippen LogP contribution in [0, 0.1) is 11.3 Å². The van der Waals surface area contributed by atoms with Crippen molar-refractivity contribution in [3.8, 4) is 0 Å². The van der Waals surface area contributed by atoms with Gasteiger partial charge >= 0.3 is 18.1 Å². The SMILES string of the molecule is CCOC(=O)[C@]12CCCN(C(=O)c3cccs3)C[C@H]1CN(c1ncccn1)C2.O=C(O)C(F)(F)F. The van der Waals surface area contributed by atoms with Crippen LogP contribution in [0.1, 0.15) is 29.4 Å². The minimum absolute atomic E-state index is 0.0123. The van der Waals surface area contributed by atoms with E-state index in [2.05, 4.69) is 14.9 Å². The molecular weight excluding hydrogens is 489 g/mol. The van der Waals surface area contributed by atoms with Crippen LogP contribution in [0.4, 0.5) is 19.1 Å². The number of thiophene rings is 1. The molecule has 1 amide bonds. The highest BCUT2D eigenvalue weighted by atomic mass is 32.1. The molecule has 13 heteroatoms. The number of nitrogens with zero attached hydrogens (tertiary/aromatic N) is 4. The number of anilines is 1. The van der Waals surface area contributed by atoms with Crippen molar-refractivity contribution in [2.75, 3.05) is 37.7 Å². The number of halogens is 3. The summed E-state index contributed by atoms with van der Waals surface area (Å²) in [5.74, 6) is -2.27. The normalized spacial score (nSPS) is 21.9. The maximum atomic E-state index is 13.0. The number of hydrogen-bond donors (Lipinski definition) is 1. The van der Waals surface area contributed by atoms with E-state index in [1.54, 1.807) is 18.5 Å². The Hall–Kier alpha value is -3.22. The summed E-state index contributed by atoms with van der Waals surface area (Å²) in [6, 6.07) is 5.53. The lowest BCUT2D eigenvalue weighted by Crippen LogP contribution is -2.43. The second kappa shape index (κ2) is 11.0. The number of carboxylic acid groups (broad SMARTS) is 1. The summed E-state index contributed by atoms with van der Waals surface area (Å²) >= 11 is 1.45. The predicted octanol–water partition coefficient (Wildman–Crippen LogP) is 3.09. The topological polar surface area (TPSA) is 113 Å². The van der Waals surface area contributed by atoms with Crippen LogP contribution < -0.4 is 4.90 Å². The molecule has 2 aromatic rings. The van der Waals surface area contributed by atoms with Crippen molar-refractivity contribution in [2.24, 2.45) is 11.3 Å². The van der Waals surface area contributed by atoms with Gasteiger partial charge in [-0.2, -0.15) is 13.2 Å². The molecule has 35 heavy (non-hydrogen) atoms. The Morgan fingerprint density at radius 1 is 1.23 bits per heavy atom. The zero-order valence-corrected chi connectivity index (χ0v) is 19.7. The molecule has 1 N–H and O–H groups in total. The molecule has 2 atom stereocenters. The average molecular weight is 515 g/mol. The van der Waals surface area contributed by atoms with Crippen molar-refractivity contribution in [1.29, 1.82) is 0 Å². The number of fused-ring (bicyclic) bond motifs is 1. The first-order chi connectivity index (χ1) is 16.6. The van der Waals surface area contributed by atoms with E-state index in [1.165, 1.54) is 11.3 Å². The molecule has 4 rings (SSSR count). The van der Waals surface area contributed by atoms with E-state index >= 15 is 0 Å². The van der Waals surface area contributed by atoms with Gasteiger partial charge in [0.05, 0.1) is 16.9 Å². The number of likely N-dealkylation sites (tertiary alicyclic amines) is 1. The molecule has 9 nitrogen and oxygen atoms in total. The Bertz CT molecular complexity index is 1020. The van der Waals surface area contributed by atoms with E-state index in [1.807, 2.05) is 29.3 Å². The molecule has 0 spiro atoms. The molecule has 0 bridgehead atoms. The van der Waals surface area contributed by atoms with Gasteiger partial charge in [0.25, 0.3) is 5.91 Å². The molecule has 0 aromatic carbocycles. The summed E-state index contributed by atoms with van der Waals surface area (Å²) in [6.45, 7) is 4.56. The third kappa shape index (κ3) is 6.08. The number of carbonyl (C=O) groups excluding carboxylic acids is 2. The van der Waals surface area contributed by atoms with Gasteiger partial charge in [-0.25, -0.2) is 14.8 Å². The molecule has 190 valence electrons. The highest BCUT2D eigenvalue weighted by Gasteiger charge is 2.55. The molecule has 2 saturated heterocycles. The van der Waals surface area contributed by atoms with E-state index in [9.17, 15) is 22.8 Å². The predicted molar refractivity (Wildman–Crippen MR) is 120 cm³/mol. The van der Waals surface area contributed by atoms with Gasteiger partial charge in [-0.05, 0) is 37.3 Å². The monoisotopic (exact) mass is 514 g/mol. The first-order valence-electron chi connectivity index (χ1n) is 10.9. The molecule has 4 heterocycles. The summed E-state index contributed by atoms with van der Waals surface area (Å²) in [5, 5.41) is 9.04. The number of aromatic nitrogens is 2. The van der Waals surface area contributed by atoms with E-state index in [0.717, 1.165) is 11.3 Å². The first kappa shape index (κ1) is 26.4. The maximum Gasteiger partial charge on any atom is 0.490 e. The number of ether oxygens (including phenoxy) is 1. The number of alkyl halides is 3. The van der Waals surface area contributed by atoms with Crippen LogP contribution >= 0.6 is 11.3 Å². The van der Waals surface area contributed by atoms with Crippen molar-refractivity contribution in [2.45, 2.75) is 25.9 Å². The summed E-state index contributed by atoms with van der Waals surface area (Å²) in [7, 11) is 0. The lowest BCUT2D eigenvalue weighted by atomic mass is 9.75. The Morgan fingerprint density at radius 3 is 2.49 bits per heavy atom. The van der Waals surface area contributed by atoms with Gasteiger partial charge in [-0.15, -0.1) is 11.3 Å². The molecule has 2 aliphatic rings. The van der Waals surface area contributed by atoms with Crippen molar-refractivity contribution in [1.82, 2.24) is 14.9 Å². The molecule has 2 fully saturated rings. The molecule has 2 aromatic heterocycles. The third-order valence-electron chi connectivity index (χ3n) is 5.97. The van der Waals surface area contributed by atoms with E-state index in [0.29, 0.717) is 45.2 Å². The van der Waals surface area contributed by atoms with Crippen molar-refractivity contribution in [3.05, 3.63) is 40.8 Å². The first-order valence-corrected chi connectivity index (χ1v) is 11.8. The summed E-state index contributed by atoms with van der Waals surface area (Å²) < 4.78 is 37.2. The van der Waals surface area contributed by atoms with Crippen LogP contribution in [0.2, 0.25) is 0 Å². The third-order valence-corrected chi connectivity index (χ3v) is 6.82. The quantitative estimate of drug-likeness (QED) is 0.620. The summed E-state index contributed by atoms with van der Waals surface area (Å²) in [6.07, 6.45) is -0.190. The molecule has 0 radical (unpaired) electrons. The standard InChI is InChI=1S/C20H24N4O3S.C2HF3O2/c1-2-27-18(26)20-7-4-10-23(17(25)16-6-3-11-28-16)12-15(20)13-24(14-20)19-21-8-5-9-22-19;3-2(4,5)1(6)7/h3,5-6,8-9,11,15H,2,4,7,10,12-14H2,1H3;(H,6,7)/t15-,20-;/m0./s1. The van der Waals surface area contributed by atoms with Crippen LogP contribution in [-0.2, 0) is 14.3 Å².